The van der Waals surface area contributed by atoms with Crippen LogP contribution in [0.4, 0.5) is 0 Å². The lowest BCUT2D eigenvalue weighted by Gasteiger charge is -2.47. The van der Waals surface area contributed by atoms with Gasteiger partial charge in [-0.25, -0.2) is 0 Å². The minimum atomic E-state index is 0.0719. The van der Waals surface area contributed by atoms with Gasteiger partial charge in [0.1, 0.15) is 6.61 Å². The number of ether oxygens (including phenoxy) is 2. The summed E-state index contributed by atoms with van der Waals surface area (Å²) in [6.07, 6.45) is 7.55. The Labute approximate surface area is 150 Å². The van der Waals surface area contributed by atoms with Crippen LogP contribution in [0, 0.1) is 5.41 Å². The van der Waals surface area contributed by atoms with E-state index in [0.717, 1.165) is 58.3 Å². The molecule has 3 aliphatic heterocycles. The quantitative estimate of drug-likeness (QED) is 0.683. The third-order valence-corrected chi connectivity index (χ3v) is 5.83. The number of likely N-dealkylation sites (tertiary alicyclic amines) is 2. The maximum Gasteiger partial charge on any atom is 0.248 e. The molecule has 140 valence electrons. The van der Waals surface area contributed by atoms with Crippen molar-refractivity contribution in [1.82, 2.24) is 9.80 Å². The smallest absolute Gasteiger partial charge is 0.248 e. The molecule has 3 fully saturated rings. The highest BCUT2D eigenvalue weighted by molar-refractivity contribution is 5.78. The Balaban J connectivity index is 1.42. The summed E-state index contributed by atoms with van der Waals surface area (Å²) in [6.45, 7) is 8.17. The zero-order chi connectivity index (χ0) is 17.7. The van der Waals surface area contributed by atoms with Gasteiger partial charge in [-0.2, -0.15) is 0 Å². The van der Waals surface area contributed by atoms with Gasteiger partial charge in [-0.3, -0.25) is 9.59 Å². The fraction of sp³-hybridized carbons (Fsp3) is 0.789. The van der Waals surface area contributed by atoms with Crippen LogP contribution in [0.5, 0.6) is 0 Å². The second kappa shape index (κ2) is 8.32. The van der Waals surface area contributed by atoms with Gasteiger partial charge >= 0.3 is 0 Å². The highest BCUT2D eigenvalue weighted by Gasteiger charge is 2.41. The number of piperidine rings is 2. The molecule has 2 amide bonds. The van der Waals surface area contributed by atoms with E-state index in [1.807, 2.05) is 9.80 Å². The first kappa shape index (κ1) is 18.4. The molecular weight excluding hydrogens is 320 g/mol. The first-order valence-corrected chi connectivity index (χ1v) is 9.48. The molecule has 0 saturated carbocycles. The Kier molecular flexibility index (Phi) is 6.12. The summed E-state index contributed by atoms with van der Waals surface area (Å²) in [5.41, 5.74) is 0.173. The maximum absolute atomic E-state index is 12.3. The number of amides is 2. The van der Waals surface area contributed by atoms with Crippen LogP contribution in [0.2, 0.25) is 0 Å². The monoisotopic (exact) mass is 350 g/mol. The highest BCUT2D eigenvalue weighted by Crippen LogP contribution is 2.40. The summed E-state index contributed by atoms with van der Waals surface area (Å²) in [7, 11) is 0. The molecule has 3 heterocycles. The molecule has 0 aromatic heterocycles. The molecule has 1 spiro atoms. The predicted octanol–water partition coefficient (Wildman–Crippen LogP) is 1.60. The Hall–Kier alpha value is -1.40. The van der Waals surface area contributed by atoms with Crippen molar-refractivity contribution in [2.24, 2.45) is 5.41 Å². The summed E-state index contributed by atoms with van der Waals surface area (Å²) in [6, 6.07) is 0. The van der Waals surface area contributed by atoms with Crippen molar-refractivity contribution in [3.63, 3.8) is 0 Å². The van der Waals surface area contributed by atoms with Crippen LogP contribution < -0.4 is 0 Å². The van der Waals surface area contributed by atoms with E-state index in [0.29, 0.717) is 19.6 Å². The van der Waals surface area contributed by atoms with Crippen LogP contribution in [-0.4, -0.2) is 73.7 Å². The molecule has 0 N–H and O–H groups in total. The third kappa shape index (κ3) is 4.61. The number of hydrogen-bond acceptors (Lipinski definition) is 4. The van der Waals surface area contributed by atoms with Gasteiger partial charge in [-0.1, -0.05) is 6.08 Å². The molecule has 0 bridgehead atoms. The van der Waals surface area contributed by atoms with E-state index < -0.39 is 0 Å². The largest absolute Gasteiger partial charge is 0.376 e. The average Bonchev–Trinajstić information content (AvgIpc) is 3.13. The van der Waals surface area contributed by atoms with Crippen molar-refractivity contribution >= 4 is 11.8 Å². The van der Waals surface area contributed by atoms with E-state index in [-0.39, 0.29) is 29.9 Å². The van der Waals surface area contributed by atoms with Gasteiger partial charge in [0.2, 0.25) is 11.8 Å². The molecule has 0 radical (unpaired) electrons. The Morgan fingerprint density at radius 2 is 2.16 bits per heavy atom. The van der Waals surface area contributed by atoms with Crippen molar-refractivity contribution in [3.8, 4) is 0 Å². The van der Waals surface area contributed by atoms with E-state index in [9.17, 15) is 9.59 Å². The van der Waals surface area contributed by atoms with Gasteiger partial charge in [0, 0.05) is 39.2 Å². The average molecular weight is 350 g/mol. The molecule has 3 saturated heterocycles. The van der Waals surface area contributed by atoms with Gasteiger partial charge in [-0.05, 0) is 37.5 Å². The van der Waals surface area contributed by atoms with Crippen LogP contribution in [0.15, 0.2) is 12.7 Å². The molecule has 0 aliphatic carbocycles. The lowest BCUT2D eigenvalue weighted by molar-refractivity contribution is -0.144. The first-order valence-electron chi connectivity index (χ1n) is 9.48. The zero-order valence-corrected chi connectivity index (χ0v) is 15.1. The second-order valence-electron chi connectivity index (χ2n) is 7.59. The summed E-state index contributed by atoms with van der Waals surface area (Å²) in [4.78, 5) is 28.2. The van der Waals surface area contributed by atoms with E-state index in [4.69, 9.17) is 9.47 Å². The van der Waals surface area contributed by atoms with Crippen molar-refractivity contribution in [2.45, 2.75) is 44.6 Å². The summed E-state index contributed by atoms with van der Waals surface area (Å²) < 4.78 is 11.1. The molecule has 1 atom stereocenters. The van der Waals surface area contributed by atoms with Gasteiger partial charge in [0.05, 0.1) is 12.7 Å². The molecule has 0 aromatic rings. The van der Waals surface area contributed by atoms with E-state index in [1.165, 1.54) is 0 Å². The fourth-order valence-electron chi connectivity index (χ4n) is 4.21. The van der Waals surface area contributed by atoms with Crippen LogP contribution in [0.1, 0.15) is 38.5 Å². The number of carbonyl (C=O) groups is 2. The minimum absolute atomic E-state index is 0.0719. The fourth-order valence-corrected chi connectivity index (χ4v) is 4.21. The number of hydrogen-bond donors (Lipinski definition) is 0. The van der Waals surface area contributed by atoms with Gasteiger partial charge in [0.25, 0.3) is 0 Å². The molecule has 6 nitrogen and oxygen atoms in total. The molecule has 0 aromatic carbocycles. The van der Waals surface area contributed by atoms with Crippen molar-refractivity contribution in [3.05, 3.63) is 12.7 Å². The molecule has 25 heavy (non-hydrogen) atoms. The standard InChI is InChI=1S/C19H30N2O4/c1-2-9-21-15-19(6-5-17(21)22)7-10-20(11-8-19)18(23)14-24-13-16-4-3-12-25-16/h2,16H,1,3-15H2/t16-/m0/s1. The van der Waals surface area contributed by atoms with Crippen LogP contribution >= 0.6 is 0 Å². The maximum atomic E-state index is 12.3. The summed E-state index contributed by atoms with van der Waals surface area (Å²) in [5.74, 6) is 0.300. The Morgan fingerprint density at radius 3 is 2.84 bits per heavy atom. The van der Waals surface area contributed by atoms with E-state index >= 15 is 0 Å². The predicted molar refractivity (Wildman–Crippen MR) is 94.1 cm³/mol. The molecular formula is C19H30N2O4. The minimum Gasteiger partial charge on any atom is -0.376 e. The Bertz CT molecular complexity index is 494. The summed E-state index contributed by atoms with van der Waals surface area (Å²) in [5, 5.41) is 0. The van der Waals surface area contributed by atoms with Crippen LogP contribution in [-0.2, 0) is 19.1 Å². The SMILES string of the molecule is C=CCN1CC2(CCC1=O)CCN(C(=O)COC[C@@H]1CCCO1)CC2. The topological polar surface area (TPSA) is 59.1 Å². The van der Waals surface area contributed by atoms with Gasteiger partial charge in [0.15, 0.2) is 0 Å². The van der Waals surface area contributed by atoms with Crippen molar-refractivity contribution in [1.29, 1.82) is 0 Å². The third-order valence-electron chi connectivity index (χ3n) is 5.83. The molecule has 6 heteroatoms. The number of nitrogens with zero attached hydrogens (tertiary/aromatic N) is 2. The summed E-state index contributed by atoms with van der Waals surface area (Å²) >= 11 is 0. The van der Waals surface area contributed by atoms with Crippen molar-refractivity contribution < 1.29 is 19.1 Å². The Morgan fingerprint density at radius 1 is 1.36 bits per heavy atom. The van der Waals surface area contributed by atoms with Crippen molar-refractivity contribution in [2.75, 3.05) is 46.0 Å². The molecule has 3 aliphatic rings. The lowest BCUT2D eigenvalue weighted by atomic mass is 9.72. The number of rotatable bonds is 6. The number of carbonyl (C=O) groups excluding carboxylic acids is 2. The van der Waals surface area contributed by atoms with Crippen LogP contribution in [0.3, 0.4) is 0 Å². The lowest BCUT2D eigenvalue weighted by Crippen LogP contribution is -2.52. The van der Waals surface area contributed by atoms with Crippen LogP contribution in [0.25, 0.3) is 0 Å². The van der Waals surface area contributed by atoms with Gasteiger partial charge < -0.3 is 19.3 Å². The normalized spacial score (nSPS) is 26.2. The van der Waals surface area contributed by atoms with Gasteiger partial charge in [-0.15, -0.1) is 6.58 Å². The highest BCUT2D eigenvalue weighted by atomic mass is 16.5. The first-order chi connectivity index (χ1) is 12.1. The van der Waals surface area contributed by atoms with E-state index in [1.54, 1.807) is 6.08 Å². The zero-order valence-electron chi connectivity index (χ0n) is 15.1. The van der Waals surface area contributed by atoms with E-state index in [2.05, 4.69) is 6.58 Å². The molecule has 3 rings (SSSR count). The molecule has 0 unspecified atom stereocenters. The second-order valence-corrected chi connectivity index (χ2v) is 7.59.